The predicted molar refractivity (Wildman–Crippen MR) is 80.6 cm³/mol. The number of urea groups is 1. The first-order chi connectivity index (χ1) is 9.97. The molecule has 3 N–H and O–H groups in total. The molecule has 6 nitrogen and oxygen atoms in total. The Hall–Kier alpha value is -2.41. The molecule has 2 aromatic rings. The van der Waals surface area contributed by atoms with Gasteiger partial charge in [-0.25, -0.2) is 14.6 Å². The summed E-state index contributed by atoms with van der Waals surface area (Å²) in [6, 6.07) is 6.82. The number of thiazole rings is 1. The van der Waals surface area contributed by atoms with Crippen molar-refractivity contribution in [3.8, 4) is 0 Å². The van der Waals surface area contributed by atoms with Crippen LogP contribution >= 0.6 is 11.3 Å². The summed E-state index contributed by atoms with van der Waals surface area (Å²) in [5, 5.41) is 14.7. The van der Waals surface area contributed by atoms with E-state index in [9.17, 15) is 14.7 Å². The molecule has 1 aromatic heterocycles. The number of carboxylic acid groups (broad SMARTS) is 1. The van der Waals surface area contributed by atoms with Crippen LogP contribution in [0.3, 0.4) is 0 Å². The Labute approximate surface area is 125 Å². The van der Waals surface area contributed by atoms with Gasteiger partial charge in [0, 0.05) is 4.88 Å². The topological polar surface area (TPSA) is 91.3 Å². The Morgan fingerprint density at radius 1 is 1.24 bits per heavy atom. The van der Waals surface area contributed by atoms with Gasteiger partial charge in [0.15, 0.2) is 11.2 Å². The molecule has 0 saturated heterocycles. The SMILES string of the molecule is Cc1nc(NC(=O)N[C@@H](C(=O)O)c2ccccc2)sc1C. The Kier molecular flexibility index (Phi) is 4.54. The summed E-state index contributed by atoms with van der Waals surface area (Å²) in [4.78, 5) is 28.4. The number of benzene rings is 1. The van der Waals surface area contributed by atoms with Gasteiger partial charge in [0.25, 0.3) is 0 Å². The highest BCUT2D eigenvalue weighted by molar-refractivity contribution is 7.15. The van der Waals surface area contributed by atoms with E-state index >= 15 is 0 Å². The van der Waals surface area contributed by atoms with Crippen molar-refractivity contribution < 1.29 is 14.7 Å². The molecule has 1 aromatic carbocycles. The van der Waals surface area contributed by atoms with Crippen LogP contribution in [0.25, 0.3) is 0 Å². The molecule has 0 aliphatic carbocycles. The molecule has 0 spiro atoms. The molecule has 1 atom stereocenters. The van der Waals surface area contributed by atoms with Crippen molar-refractivity contribution in [1.29, 1.82) is 0 Å². The first-order valence-corrected chi connectivity index (χ1v) is 7.08. The molecular weight excluding hydrogens is 290 g/mol. The molecule has 0 fully saturated rings. The van der Waals surface area contributed by atoms with Crippen molar-refractivity contribution in [1.82, 2.24) is 10.3 Å². The summed E-state index contributed by atoms with van der Waals surface area (Å²) in [6.45, 7) is 3.75. The van der Waals surface area contributed by atoms with Gasteiger partial charge in [-0.3, -0.25) is 5.32 Å². The standard InChI is InChI=1S/C14H15N3O3S/c1-8-9(2)21-14(15-8)17-13(20)16-11(12(18)19)10-6-4-3-5-7-10/h3-7,11H,1-2H3,(H,18,19)(H2,15,16,17,20)/t11-/m1/s1. The molecule has 0 unspecified atom stereocenters. The summed E-state index contributed by atoms with van der Waals surface area (Å²) in [5.74, 6) is -1.12. The van der Waals surface area contributed by atoms with Gasteiger partial charge in [-0.15, -0.1) is 11.3 Å². The highest BCUT2D eigenvalue weighted by Gasteiger charge is 2.22. The Morgan fingerprint density at radius 2 is 1.90 bits per heavy atom. The van der Waals surface area contributed by atoms with Gasteiger partial charge in [-0.2, -0.15) is 0 Å². The number of aromatic nitrogens is 1. The lowest BCUT2D eigenvalue weighted by atomic mass is 10.1. The van der Waals surface area contributed by atoms with E-state index in [-0.39, 0.29) is 0 Å². The maximum absolute atomic E-state index is 11.9. The van der Waals surface area contributed by atoms with Crippen LogP contribution in [-0.2, 0) is 4.79 Å². The average Bonchev–Trinajstić information content (AvgIpc) is 2.75. The van der Waals surface area contributed by atoms with Crippen LogP contribution in [-0.4, -0.2) is 22.1 Å². The van der Waals surface area contributed by atoms with Gasteiger partial charge in [0.2, 0.25) is 0 Å². The lowest BCUT2D eigenvalue weighted by Crippen LogP contribution is -2.36. The monoisotopic (exact) mass is 305 g/mol. The fourth-order valence-electron chi connectivity index (χ4n) is 1.72. The molecule has 0 saturated carbocycles. The third-order valence-electron chi connectivity index (χ3n) is 2.90. The number of carbonyl (C=O) groups excluding carboxylic acids is 1. The maximum atomic E-state index is 11.9. The molecule has 110 valence electrons. The third-order valence-corrected chi connectivity index (χ3v) is 3.89. The van der Waals surface area contributed by atoms with E-state index in [0.717, 1.165) is 10.6 Å². The summed E-state index contributed by atoms with van der Waals surface area (Å²) in [6.07, 6.45) is 0. The number of carbonyl (C=O) groups is 2. The number of carboxylic acids is 1. The minimum absolute atomic E-state index is 0.444. The van der Waals surface area contributed by atoms with E-state index in [1.807, 2.05) is 13.8 Å². The van der Waals surface area contributed by atoms with Gasteiger partial charge < -0.3 is 10.4 Å². The van der Waals surface area contributed by atoms with Crippen molar-refractivity contribution in [2.24, 2.45) is 0 Å². The lowest BCUT2D eigenvalue weighted by Gasteiger charge is -2.14. The van der Waals surface area contributed by atoms with Crippen LogP contribution < -0.4 is 10.6 Å². The third kappa shape index (κ3) is 3.79. The highest BCUT2D eigenvalue weighted by atomic mass is 32.1. The number of nitrogens with zero attached hydrogens (tertiary/aromatic N) is 1. The minimum Gasteiger partial charge on any atom is -0.479 e. The number of amides is 2. The van der Waals surface area contributed by atoms with Crippen LogP contribution in [0.2, 0.25) is 0 Å². The largest absolute Gasteiger partial charge is 0.479 e. The van der Waals surface area contributed by atoms with Crippen molar-refractivity contribution in [2.45, 2.75) is 19.9 Å². The predicted octanol–water partition coefficient (Wildman–Crippen LogP) is 2.71. The van der Waals surface area contributed by atoms with Crippen LogP contribution in [0.5, 0.6) is 0 Å². The Bertz CT molecular complexity index is 635. The van der Waals surface area contributed by atoms with E-state index in [1.165, 1.54) is 11.3 Å². The fraction of sp³-hybridized carbons (Fsp3) is 0.214. The van der Waals surface area contributed by atoms with Crippen LogP contribution in [0.1, 0.15) is 22.2 Å². The molecule has 1 heterocycles. The Morgan fingerprint density at radius 3 is 2.43 bits per heavy atom. The van der Waals surface area contributed by atoms with Crippen LogP contribution in [0.15, 0.2) is 30.3 Å². The molecule has 0 aliphatic rings. The number of hydrogen-bond acceptors (Lipinski definition) is 4. The summed E-state index contributed by atoms with van der Waals surface area (Å²) < 4.78 is 0. The van der Waals surface area contributed by atoms with E-state index in [2.05, 4.69) is 15.6 Å². The maximum Gasteiger partial charge on any atom is 0.330 e. The molecule has 7 heteroatoms. The number of hydrogen-bond donors (Lipinski definition) is 3. The van der Waals surface area contributed by atoms with Gasteiger partial charge in [0.1, 0.15) is 0 Å². The van der Waals surface area contributed by atoms with E-state index < -0.39 is 18.0 Å². The van der Waals surface area contributed by atoms with Crippen molar-refractivity contribution in [3.05, 3.63) is 46.5 Å². The van der Waals surface area contributed by atoms with Crippen LogP contribution in [0.4, 0.5) is 9.93 Å². The normalized spacial score (nSPS) is 11.7. The number of nitrogens with one attached hydrogen (secondary N) is 2. The van der Waals surface area contributed by atoms with Crippen LogP contribution in [0, 0.1) is 13.8 Å². The quantitative estimate of drug-likeness (QED) is 0.810. The highest BCUT2D eigenvalue weighted by Crippen LogP contribution is 2.21. The second-order valence-corrected chi connectivity index (χ2v) is 5.64. The Balaban J connectivity index is 2.07. The van der Waals surface area contributed by atoms with E-state index in [1.54, 1.807) is 30.3 Å². The average molecular weight is 305 g/mol. The van der Waals surface area contributed by atoms with E-state index in [4.69, 9.17) is 0 Å². The minimum atomic E-state index is -1.12. The zero-order valence-electron chi connectivity index (χ0n) is 11.6. The summed E-state index contributed by atoms with van der Waals surface area (Å²) >= 11 is 1.34. The second-order valence-electron chi connectivity index (χ2n) is 4.44. The van der Waals surface area contributed by atoms with E-state index in [0.29, 0.717) is 10.7 Å². The number of aryl methyl sites for hydroxylation is 2. The zero-order chi connectivity index (χ0) is 15.4. The van der Waals surface area contributed by atoms with Gasteiger partial charge in [-0.05, 0) is 19.4 Å². The fourth-order valence-corrected chi connectivity index (χ4v) is 2.53. The molecule has 21 heavy (non-hydrogen) atoms. The molecule has 0 radical (unpaired) electrons. The first kappa shape index (κ1) is 15.0. The molecule has 0 aliphatic heterocycles. The van der Waals surface area contributed by atoms with Gasteiger partial charge in [0.05, 0.1) is 5.69 Å². The van der Waals surface area contributed by atoms with Gasteiger partial charge in [-0.1, -0.05) is 30.3 Å². The molecule has 2 rings (SSSR count). The lowest BCUT2D eigenvalue weighted by molar-refractivity contribution is -0.139. The smallest absolute Gasteiger partial charge is 0.330 e. The summed E-state index contributed by atoms with van der Waals surface area (Å²) in [7, 11) is 0. The molecular formula is C14H15N3O3S. The first-order valence-electron chi connectivity index (χ1n) is 6.26. The van der Waals surface area contributed by atoms with Crippen molar-refractivity contribution in [3.63, 3.8) is 0 Å². The number of aliphatic carboxylic acids is 1. The number of anilines is 1. The summed E-state index contributed by atoms with van der Waals surface area (Å²) in [5.41, 5.74) is 1.35. The van der Waals surface area contributed by atoms with Gasteiger partial charge >= 0.3 is 12.0 Å². The van der Waals surface area contributed by atoms with Crippen molar-refractivity contribution in [2.75, 3.05) is 5.32 Å². The molecule has 2 amide bonds. The molecule has 0 bridgehead atoms. The number of rotatable bonds is 4. The zero-order valence-corrected chi connectivity index (χ0v) is 12.4. The van der Waals surface area contributed by atoms with Crippen molar-refractivity contribution >= 4 is 28.5 Å². The second kappa shape index (κ2) is 6.36.